The third-order valence-corrected chi connectivity index (χ3v) is 4.19. The molecular weight excluding hydrogens is 256 g/mol. The molecule has 3 N–H and O–H groups in total. The topological polar surface area (TPSA) is 81.2 Å². The van der Waals surface area contributed by atoms with Crippen LogP contribution >= 0.6 is 0 Å². The van der Waals surface area contributed by atoms with Crippen molar-refractivity contribution in [1.29, 1.82) is 0 Å². The van der Waals surface area contributed by atoms with Gasteiger partial charge >= 0.3 is 5.76 Å². The molecule has 0 radical (unpaired) electrons. The Morgan fingerprint density at radius 1 is 1.40 bits per heavy atom. The predicted octanol–water partition coefficient (Wildman–Crippen LogP) is 3.05. The minimum atomic E-state index is -0.472. The summed E-state index contributed by atoms with van der Waals surface area (Å²) in [6.45, 7) is 2.20. The molecule has 0 spiro atoms. The SMILES string of the molecule is CCC1CCCCC1Oc1cc2[nH]c(=O)oc2cc1N. The zero-order valence-corrected chi connectivity index (χ0v) is 11.6. The maximum absolute atomic E-state index is 11.2. The first-order chi connectivity index (χ1) is 9.67. The molecule has 0 bridgehead atoms. The largest absolute Gasteiger partial charge is 0.488 e. The highest BCUT2D eigenvalue weighted by atomic mass is 16.5. The van der Waals surface area contributed by atoms with E-state index in [4.69, 9.17) is 14.9 Å². The summed E-state index contributed by atoms with van der Waals surface area (Å²) in [5.74, 6) is 0.753. The number of anilines is 1. The van der Waals surface area contributed by atoms with Crippen molar-refractivity contribution in [3.05, 3.63) is 22.7 Å². The van der Waals surface area contributed by atoms with Crippen LogP contribution in [0.4, 0.5) is 5.69 Å². The van der Waals surface area contributed by atoms with Gasteiger partial charge in [-0.2, -0.15) is 0 Å². The van der Waals surface area contributed by atoms with Gasteiger partial charge < -0.3 is 14.9 Å². The average Bonchev–Trinajstić information content (AvgIpc) is 2.79. The van der Waals surface area contributed by atoms with E-state index in [2.05, 4.69) is 11.9 Å². The summed E-state index contributed by atoms with van der Waals surface area (Å²) in [5, 5.41) is 0. The number of benzene rings is 1. The van der Waals surface area contributed by atoms with Crippen LogP contribution in [0.3, 0.4) is 0 Å². The smallest absolute Gasteiger partial charge is 0.417 e. The van der Waals surface area contributed by atoms with E-state index in [0.29, 0.717) is 28.5 Å². The normalized spacial score (nSPS) is 23.1. The summed E-state index contributed by atoms with van der Waals surface area (Å²) in [5.41, 5.74) is 7.61. The van der Waals surface area contributed by atoms with E-state index in [1.165, 1.54) is 19.3 Å². The second-order valence-corrected chi connectivity index (χ2v) is 5.51. The van der Waals surface area contributed by atoms with Crippen molar-refractivity contribution in [2.75, 3.05) is 5.73 Å². The Morgan fingerprint density at radius 2 is 2.20 bits per heavy atom. The molecule has 2 atom stereocenters. The van der Waals surface area contributed by atoms with E-state index in [1.54, 1.807) is 12.1 Å². The van der Waals surface area contributed by atoms with Gasteiger partial charge in [0.2, 0.25) is 0 Å². The zero-order chi connectivity index (χ0) is 14.1. The summed E-state index contributed by atoms with van der Waals surface area (Å²) >= 11 is 0. The molecule has 2 unspecified atom stereocenters. The van der Waals surface area contributed by atoms with Crippen LogP contribution in [0.25, 0.3) is 11.1 Å². The quantitative estimate of drug-likeness (QED) is 0.844. The number of nitrogens with one attached hydrogen (secondary N) is 1. The number of H-pyrrole nitrogens is 1. The number of aromatic nitrogens is 1. The second-order valence-electron chi connectivity index (χ2n) is 5.51. The number of fused-ring (bicyclic) bond motifs is 1. The second kappa shape index (κ2) is 5.23. The average molecular weight is 276 g/mol. The third kappa shape index (κ3) is 2.40. The van der Waals surface area contributed by atoms with Gasteiger partial charge in [-0.3, -0.25) is 4.98 Å². The van der Waals surface area contributed by atoms with Crippen molar-refractivity contribution in [2.45, 2.75) is 45.1 Å². The van der Waals surface area contributed by atoms with Crippen LogP contribution in [0.5, 0.6) is 5.75 Å². The van der Waals surface area contributed by atoms with Gasteiger partial charge in [0.15, 0.2) is 5.58 Å². The van der Waals surface area contributed by atoms with E-state index in [-0.39, 0.29) is 6.10 Å². The molecule has 1 aliphatic rings. The minimum Gasteiger partial charge on any atom is -0.488 e. The number of ether oxygens (including phenoxy) is 1. The Morgan fingerprint density at radius 3 is 3.00 bits per heavy atom. The van der Waals surface area contributed by atoms with E-state index in [1.807, 2.05) is 0 Å². The highest BCUT2D eigenvalue weighted by Gasteiger charge is 2.26. The number of nitrogen functional groups attached to an aromatic ring is 1. The van der Waals surface area contributed by atoms with Crippen LogP contribution in [-0.2, 0) is 0 Å². The number of hydrogen-bond acceptors (Lipinski definition) is 4. The van der Waals surface area contributed by atoms with Gasteiger partial charge in [0.05, 0.1) is 11.2 Å². The Hall–Kier alpha value is -1.91. The van der Waals surface area contributed by atoms with E-state index in [9.17, 15) is 4.79 Å². The number of hydrogen-bond donors (Lipinski definition) is 2. The number of oxazole rings is 1. The zero-order valence-electron chi connectivity index (χ0n) is 11.6. The molecule has 1 saturated carbocycles. The van der Waals surface area contributed by atoms with Crippen molar-refractivity contribution in [3.8, 4) is 5.75 Å². The predicted molar refractivity (Wildman–Crippen MR) is 77.9 cm³/mol. The highest BCUT2D eigenvalue weighted by molar-refractivity contribution is 5.80. The lowest BCUT2D eigenvalue weighted by molar-refractivity contribution is 0.0912. The summed E-state index contributed by atoms with van der Waals surface area (Å²) in [6, 6.07) is 3.41. The molecule has 1 fully saturated rings. The summed E-state index contributed by atoms with van der Waals surface area (Å²) in [6.07, 6.45) is 6.10. The molecule has 20 heavy (non-hydrogen) atoms. The van der Waals surface area contributed by atoms with E-state index < -0.39 is 5.76 Å². The van der Waals surface area contributed by atoms with Crippen molar-refractivity contribution in [1.82, 2.24) is 4.98 Å². The van der Waals surface area contributed by atoms with Crippen molar-refractivity contribution >= 4 is 16.8 Å². The molecule has 5 heteroatoms. The van der Waals surface area contributed by atoms with E-state index >= 15 is 0 Å². The van der Waals surface area contributed by atoms with Gasteiger partial charge in [0.25, 0.3) is 0 Å². The van der Waals surface area contributed by atoms with Crippen LogP contribution in [0.2, 0.25) is 0 Å². The highest BCUT2D eigenvalue weighted by Crippen LogP contribution is 2.34. The van der Waals surface area contributed by atoms with Gasteiger partial charge in [0.1, 0.15) is 11.9 Å². The van der Waals surface area contributed by atoms with Crippen LogP contribution in [0, 0.1) is 5.92 Å². The van der Waals surface area contributed by atoms with E-state index in [0.717, 1.165) is 12.8 Å². The Bertz CT molecular complexity index is 659. The summed E-state index contributed by atoms with van der Waals surface area (Å²) in [4.78, 5) is 13.8. The van der Waals surface area contributed by atoms with Gasteiger partial charge in [-0.05, 0) is 31.6 Å². The lowest BCUT2D eigenvalue weighted by Crippen LogP contribution is -2.30. The monoisotopic (exact) mass is 276 g/mol. The summed E-state index contributed by atoms with van der Waals surface area (Å²) in [7, 11) is 0. The minimum absolute atomic E-state index is 0.215. The molecule has 1 aromatic carbocycles. The van der Waals surface area contributed by atoms with Crippen molar-refractivity contribution in [2.24, 2.45) is 5.92 Å². The first-order valence-electron chi connectivity index (χ1n) is 7.26. The van der Waals surface area contributed by atoms with Gasteiger partial charge in [-0.1, -0.05) is 13.3 Å². The molecule has 1 aliphatic carbocycles. The maximum Gasteiger partial charge on any atom is 0.417 e. The molecule has 3 rings (SSSR count). The fourth-order valence-corrected chi connectivity index (χ4v) is 3.05. The van der Waals surface area contributed by atoms with Crippen LogP contribution in [0.1, 0.15) is 39.0 Å². The first-order valence-corrected chi connectivity index (χ1v) is 7.26. The van der Waals surface area contributed by atoms with Crippen LogP contribution in [0.15, 0.2) is 21.3 Å². The van der Waals surface area contributed by atoms with Gasteiger partial charge in [-0.15, -0.1) is 0 Å². The molecule has 2 aromatic rings. The molecule has 108 valence electrons. The molecule has 1 aromatic heterocycles. The van der Waals surface area contributed by atoms with Crippen LogP contribution in [-0.4, -0.2) is 11.1 Å². The third-order valence-electron chi connectivity index (χ3n) is 4.19. The lowest BCUT2D eigenvalue weighted by atomic mass is 9.85. The molecular formula is C15H20N2O3. The number of nitrogens with two attached hydrogens (primary N) is 1. The van der Waals surface area contributed by atoms with Crippen molar-refractivity contribution in [3.63, 3.8) is 0 Å². The van der Waals surface area contributed by atoms with Crippen LogP contribution < -0.4 is 16.2 Å². The standard InChI is InChI=1S/C15H20N2O3/c1-2-9-5-3-4-6-12(9)19-13-8-11-14(7-10(13)16)20-15(18)17-11/h7-9,12H,2-6,16H2,1H3,(H,17,18). The Labute approximate surface area is 117 Å². The lowest BCUT2D eigenvalue weighted by Gasteiger charge is -2.31. The molecule has 0 aliphatic heterocycles. The molecule has 0 amide bonds. The van der Waals surface area contributed by atoms with Gasteiger partial charge in [-0.25, -0.2) is 4.79 Å². The van der Waals surface area contributed by atoms with Gasteiger partial charge in [0, 0.05) is 12.1 Å². The Balaban J connectivity index is 1.89. The molecule has 0 saturated heterocycles. The molecule has 1 heterocycles. The fraction of sp³-hybridized carbons (Fsp3) is 0.533. The number of aromatic amines is 1. The number of rotatable bonds is 3. The molecule has 5 nitrogen and oxygen atoms in total. The van der Waals surface area contributed by atoms with Crippen molar-refractivity contribution < 1.29 is 9.15 Å². The first kappa shape index (κ1) is 13.1. The maximum atomic E-state index is 11.2. The Kier molecular flexibility index (Phi) is 3.42. The fourth-order valence-electron chi connectivity index (χ4n) is 3.05. The summed E-state index contributed by atoms with van der Waals surface area (Å²) < 4.78 is 11.1.